The summed E-state index contributed by atoms with van der Waals surface area (Å²) in [5.41, 5.74) is 2.48. The molecule has 1 aliphatic rings. The molecule has 1 fully saturated rings. The molecule has 2 aromatic carbocycles. The van der Waals surface area contributed by atoms with Crippen molar-refractivity contribution in [3.63, 3.8) is 0 Å². The molecule has 2 amide bonds. The van der Waals surface area contributed by atoms with Gasteiger partial charge in [0.05, 0.1) is 5.92 Å². The van der Waals surface area contributed by atoms with Crippen LogP contribution in [0.4, 0.5) is 11.4 Å². The van der Waals surface area contributed by atoms with Crippen molar-refractivity contribution in [3.05, 3.63) is 60.2 Å². The fourth-order valence-corrected chi connectivity index (χ4v) is 2.81. The predicted molar refractivity (Wildman–Crippen MR) is 97.7 cm³/mol. The Morgan fingerprint density at radius 3 is 2.50 bits per heavy atom. The number of para-hydroxylation sites is 1. The highest BCUT2D eigenvalue weighted by Gasteiger charge is 2.36. The van der Waals surface area contributed by atoms with E-state index >= 15 is 0 Å². The lowest BCUT2D eigenvalue weighted by Gasteiger charge is -2.16. The van der Waals surface area contributed by atoms with E-state index in [1.807, 2.05) is 49.4 Å². The number of hydrogen-bond acceptors (Lipinski definition) is 4. The fourth-order valence-electron chi connectivity index (χ4n) is 2.81. The molecule has 1 aliphatic heterocycles. The Balaban J connectivity index is 1.50. The van der Waals surface area contributed by atoms with E-state index in [-0.39, 0.29) is 25.5 Å². The number of benzene rings is 2. The molecule has 1 heterocycles. The van der Waals surface area contributed by atoms with Crippen molar-refractivity contribution in [2.24, 2.45) is 5.92 Å². The second-order valence-electron chi connectivity index (χ2n) is 6.26. The minimum Gasteiger partial charge on any atom is -0.455 e. The average Bonchev–Trinajstić information content (AvgIpc) is 3.04. The van der Waals surface area contributed by atoms with Crippen molar-refractivity contribution in [2.75, 3.05) is 23.4 Å². The van der Waals surface area contributed by atoms with Crippen molar-refractivity contribution >= 4 is 29.2 Å². The molecule has 0 unspecified atom stereocenters. The SMILES string of the molecule is Cc1ccc(NC(=O)COC(=O)[C@H]2CC(=O)N(c3ccccc3)C2)cc1. The smallest absolute Gasteiger partial charge is 0.311 e. The molecule has 1 saturated heterocycles. The van der Waals surface area contributed by atoms with Crippen LogP contribution in [0, 0.1) is 12.8 Å². The number of anilines is 2. The lowest BCUT2D eigenvalue weighted by atomic mass is 10.1. The maximum atomic E-state index is 12.2. The molecule has 6 heteroatoms. The molecule has 134 valence electrons. The summed E-state index contributed by atoms with van der Waals surface area (Å²) in [6.07, 6.45) is 0.0906. The Morgan fingerprint density at radius 2 is 1.81 bits per heavy atom. The van der Waals surface area contributed by atoms with Crippen LogP contribution in [-0.4, -0.2) is 30.9 Å². The van der Waals surface area contributed by atoms with Crippen molar-refractivity contribution in [1.29, 1.82) is 0 Å². The molecular formula is C20H20N2O4. The number of esters is 1. The number of amides is 2. The molecule has 26 heavy (non-hydrogen) atoms. The topological polar surface area (TPSA) is 75.7 Å². The first-order valence-electron chi connectivity index (χ1n) is 8.41. The summed E-state index contributed by atoms with van der Waals surface area (Å²) in [6, 6.07) is 16.5. The summed E-state index contributed by atoms with van der Waals surface area (Å²) >= 11 is 0. The van der Waals surface area contributed by atoms with E-state index < -0.39 is 17.8 Å². The van der Waals surface area contributed by atoms with Gasteiger partial charge in [-0.2, -0.15) is 0 Å². The van der Waals surface area contributed by atoms with Gasteiger partial charge in [0.2, 0.25) is 5.91 Å². The summed E-state index contributed by atoms with van der Waals surface area (Å²) in [7, 11) is 0. The first-order valence-corrected chi connectivity index (χ1v) is 8.41. The van der Waals surface area contributed by atoms with Gasteiger partial charge < -0.3 is 15.0 Å². The number of rotatable bonds is 5. The maximum absolute atomic E-state index is 12.2. The van der Waals surface area contributed by atoms with Gasteiger partial charge in [0, 0.05) is 24.3 Å². The molecule has 0 aliphatic carbocycles. The quantitative estimate of drug-likeness (QED) is 0.839. The Kier molecular flexibility index (Phi) is 5.31. The highest BCUT2D eigenvalue weighted by atomic mass is 16.5. The van der Waals surface area contributed by atoms with E-state index in [4.69, 9.17) is 4.74 Å². The van der Waals surface area contributed by atoms with Crippen molar-refractivity contribution in [3.8, 4) is 0 Å². The maximum Gasteiger partial charge on any atom is 0.311 e. The number of carbonyl (C=O) groups excluding carboxylic acids is 3. The zero-order chi connectivity index (χ0) is 18.5. The third-order valence-corrected chi connectivity index (χ3v) is 4.21. The Morgan fingerprint density at radius 1 is 1.12 bits per heavy atom. The van der Waals surface area contributed by atoms with Gasteiger partial charge in [-0.05, 0) is 31.2 Å². The largest absolute Gasteiger partial charge is 0.455 e. The lowest BCUT2D eigenvalue weighted by molar-refractivity contribution is -0.151. The first-order chi connectivity index (χ1) is 12.5. The van der Waals surface area contributed by atoms with Crippen molar-refractivity contribution in [2.45, 2.75) is 13.3 Å². The zero-order valence-electron chi connectivity index (χ0n) is 14.5. The van der Waals surface area contributed by atoms with Crippen LogP contribution in [0.15, 0.2) is 54.6 Å². The molecule has 1 atom stereocenters. The molecular weight excluding hydrogens is 332 g/mol. The van der Waals surface area contributed by atoms with E-state index in [9.17, 15) is 14.4 Å². The number of nitrogens with zero attached hydrogens (tertiary/aromatic N) is 1. The molecule has 2 aromatic rings. The molecule has 0 radical (unpaired) electrons. The van der Waals surface area contributed by atoms with Crippen molar-refractivity contribution in [1.82, 2.24) is 0 Å². The van der Waals surface area contributed by atoms with Gasteiger partial charge in [0.15, 0.2) is 6.61 Å². The highest BCUT2D eigenvalue weighted by Crippen LogP contribution is 2.25. The Hall–Kier alpha value is -3.15. The number of carbonyl (C=O) groups is 3. The van der Waals surface area contributed by atoms with Crippen LogP contribution in [0.1, 0.15) is 12.0 Å². The van der Waals surface area contributed by atoms with Gasteiger partial charge in [-0.25, -0.2) is 0 Å². The third-order valence-electron chi connectivity index (χ3n) is 4.21. The summed E-state index contributed by atoms with van der Waals surface area (Å²) < 4.78 is 5.09. The zero-order valence-corrected chi connectivity index (χ0v) is 14.5. The number of ether oxygens (including phenoxy) is 1. The molecule has 0 saturated carbocycles. The summed E-state index contributed by atoms with van der Waals surface area (Å²) in [4.78, 5) is 37.8. The van der Waals surface area contributed by atoms with Crippen LogP contribution in [0.2, 0.25) is 0 Å². The molecule has 6 nitrogen and oxygen atoms in total. The van der Waals surface area contributed by atoms with Crippen LogP contribution in [0.25, 0.3) is 0 Å². The van der Waals surface area contributed by atoms with E-state index in [1.165, 1.54) is 0 Å². The standard InChI is InChI=1S/C20H20N2O4/c1-14-7-9-16(10-8-14)21-18(23)13-26-20(25)15-11-19(24)22(12-15)17-5-3-2-4-6-17/h2-10,15H,11-13H2,1H3,(H,21,23)/t15-/m0/s1. The van der Waals surface area contributed by atoms with E-state index in [1.54, 1.807) is 17.0 Å². The molecule has 0 aromatic heterocycles. The third kappa shape index (κ3) is 4.27. The van der Waals surface area contributed by atoms with Gasteiger partial charge in [0.1, 0.15) is 0 Å². The summed E-state index contributed by atoms with van der Waals surface area (Å²) in [5, 5.41) is 2.66. The molecule has 0 bridgehead atoms. The van der Waals surface area contributed by atoms with Gasteiger partial charge in [-0.15, -0.1) is 0 Å². The Bertz CT molecular complexity index is 802. The molecule has 1 N–H and O–H groups in total. The second-order valence-corrected chi connectivity index (χ2v) is 6.26. The fraction of sp³-hybridized carbons (Fsp3) is 0.250. The predicted octanol–water partition coefficient (Wildman–Crippen LogP) is 2.53. The molecule has 3 rings (SSSR count). The lowest BCUT2D eigenvalue weighted by Crippen LogP contribution is -2.28. The van der Waals surface area contributed by atoms with E-state index in [0.717, 1.165) is 11.3 Å². The van der Waals surface area contributed by atoms with Crippen LogP contribution in [-0.2, 0) is 19.1 Å². The van der Waals surface area contributed by atoms with Gasteiger partial charge in [0.25, 0.3) is 5.91 Å². The Labute approximate surface area is 151 Å². The molecule has 0 spiro atoms. The number of aryl methyl sites for hydroxylation is 1. The number of nitrogens with one attached hydrogen (secondary N) is 1. The van der Waals surface area contributed by atoms with Crippen molar-refractivity contribution < 1.29 is 19.1 Å². The minimum absolute atomic E-state index is 0.0906. The van der Waals surface area contributed by atoms with Gasteiger partial charge in [-0.1, -0.05) is 35.9 Å². The van der Waals surface area contributed by atoms with Gasteiger partial charge in [-0.3, -0.25) is 14.4 Å². The first kappa shape index (κ1) is 17.7. The normalized spacial score (nSPS) is 16.4. The number of hydrogen-bond donors (Lipinski definition) is 1. The summed E-state index contributed by atoms with van der Waals surface area (Å²) in [5.74, 6) is -1.63. The summed E-state index contributed by atoms with van der Waals surface area (Å²) in [6.45, 7) is 1.85. The van der Waals surface area contributed by atoms with E-state index in [2.05, 4.69) is 5.32 Å². The van der Waals surface area contributed by atoms with E-state index in [0.29, 0.717) is 5.69 Å². The monoisotopic (exact) mass is 352 g/mol. The van der Waals surface area contributed by atoms with Crippen LogP contribution < -0.4 is 10.2 Å². The van der Waals surface area contributed by atoms with Crippen LogP contribution in [0.5, 0.6) is 0 Å². The van der Waals surface area contributed by atoms with Gasteiger partial charge >= 0.3 is 5.97 Å². The second kappa shape index (κ2) is 7.82. The highest BCUT2D eigenvalue weighted by molar-refractivity contribution is 6.00. The average molecular weight is 352 g/mol. The van der Waals surface area contributed by atoms with Crippen LogP contribution in [0.3, 0.4) is 0 Å². The minimum atomic E-state index is -0.560. The van der Waals surface area contributed by atoms with Crippen LogP contribution >= 0.6 is 0 Å².